The molecular weight excluding hydrogens is 412 g/mol. The number of halogens is 1. The fourth-order valence-corrected chi connectivity index (χ4v) is 3.51. The van der Waals surface area contributed by atoms with Crippen molar-refractivity contribution in [1.29, 1.82) is 0 Å². The van der Waals surface area contributed by atoms with Crippen LogP contribution in [0.4, 0.5) is 0 Å². The second kappa shape index (κ2) is 13.7. The number of para-hydroxylation sites is 1. The smallest absolute Gasteiger partial charge is 0.242 e. The number of carbonyl (C=O) groups excluding carboxylic acids is 2. The normalized spacial score (nSPS) is 11.6. The molecule has 168 valence electrons. The molecule has 2 aromatic carbocycles. The van der Waals surface area contributed by atoms with Crippen molar-refractivity contribution in [2.45, 2.75) is 58.5 Å². The van der Waals surface area contributed by atoms with Crippen LogP contribution in [0.2, 0.25) is 5.02 Å². The van der Waals surface area contributed by atoms with Gasteiger partial charge in [-0.2, -0.15) is 0 Å². The van der Waals surface area contributed by atoms with Gasteiger partial charge in [-0.3, -0.25) is 9.59 Å². The number of nitrogens with one attached hydrogen (secondary N) is 1. The first-order valence-corrected chi connectivity index (χ1v) is 11.4. The highest BCUT2D eigenvalue weighted by Gasteiger charge is 2.28. The summed E-state index contributed by atoms with van der Waals surface area (Å²) in [7, 11) is 0. The second-order valence-corrected chi connectivity index (χ2v) is 7.85. The van der Waals surface area contributed by atoms with Gasteiger partial charge in [-0.15, -0.1) is 0 Å². The van der Waals surface area contributed by atoms with E-state index in [1.54, 1.807) is 11.0 Å². The molecule has 0 saturated heterocycles. The average molecular weight is 445 g/mol. The van der Waals surface area contributed by atoms with E-state index < -0.39 is 6.04 Å². The van der Waals surface area contributed by atoms with E-state index in [1.165, 1.54) is 0 Å². The van der Waals surface area contributed by atoms with Crippen molar-refractivity contribution in [2.75, 3.05) is 13.2 Å². The summed E-state index contributed by atoms with van der Waals surface area (Å²) >= 11 is 6.34. The Morgan fingerprint density at radius 1 is 1.03 bits per heavy atom. The molecule has 0 aromatic heterocycles. The molecule has 0 bridgehead atoms. The van der Waals surface area contributed by atoms with Gasteiger partial charge in [-0.1, -0.05) is 68.3 Å². The number of ether oxygens (including phenoxy) is 1. The maximum atomic E-state index is 13.2. The highest BCUT2D eigenvalue weighted by molar-refractivity contribution is 6.31. The van der Waals surface area contributed by atoms with E-state index in [0.29, 0.717) is 44.0 Å². The first kappa shape index (κ1) is 24.7. The molecule has 0 saturated carbocycles. The zero-order valence-electron chi connectivity index (χ0n) is 18.5. The van der Waals surface area contributed by atoms with Crippen LogP contribution in [0.5, 0.6) is 5.75 Å². The number of carbonyl (C=O) groups is 2. The van der Waals surface area contributed by atoms with Crippen molar-refractivity contribution in [3.05, 3.63) is 65.2 Å². The summed E-state index contributed by atoms with van der Waals surface area (Å²) in [5.74, 6) is 0.593. The lowest BCUT2D eigenvalue weighted by Crippen LogP contribution is -2.49. The van der Waals surface area contributed by atoms with E-state index >= 15 is 0 Å². The molecule has 2 aromatic rings. The van der Waals surface area contributed by atoms with Crippen LogP contribution in [-0.4, -0.2) is 35.9 Å². The lowest BCUT2D eigenvalue weighted by molar-refractivity contribution is -0.141. The van der Waals surface area contributed by atoms with Gasteiger partial charge in [0.1, 0.15) is 11.8 Å². The molecule has 2 rings (SSSR count). The van der Waals surface area contributed by atoms with Crippen LogP contribution < -0.4 is 10.1 Å². The second-order valence-electron chi connectivity index (χ2n) is 7.45. The Kier molecular flexibility index (Phi) is 10.9. The molecule has 0 heterocycles. The van der Waals surface area contributed by atoms with E-state index in [4.69, 9.17) is 16.3 Å². The first-order chi connectivity index (χ1) is 15.1. The number of benzene rings is 2. The van der Waals surface area contributed by atoms with Gasteiger partial charge in [0, 0.05) is 24.5 Å². The SMILES string of the molecule is CCCCNC(=O)C(CC)N(Cc1ccccc1Cl)C(=O)CCCOc1ccccc1. The number of unbranched alkanes of at least 4 members (excludes halogenated alkanes) is 1. The van der Waals surface area contributed by atoms with Crippen molar-refractivity contribution in [3.63, 3.8) is 0 Å². The Morgan fingerprint density at radius 3 is 2.42 bits per heavy atom. The third-order valence-corrected chi connectivity index (χ3v) is 5.43. The van der Waals surface area contributed by atoms with Crippen LogP contribution in [0.1, 0.15) is 51.5 Å². The van der Waals surface area contributed by atoms with Gasteiger partial charge in [0.05, 0.1) is 6.61 Å². The largest absolute Gasteiger partial charge is 0.494 e. The lowest BCUT2D eigenvalue weighted by atomic mass is 10.1. The number of amides is 2. The highest BCUT2D eigenvalue weighted by atomic mass is 35.5. The summed E-state index contributed by atoms with van der Waals surface area (Å²) in [6.45, 7) is 5.36. The Labute approximate surface area is 190 Å². The van der Waals surface area contributed by atoms with Gasteiger partial charge in [-0.25, -0.2) is 0 Å². The fraction of sp³-hybridized carbons (Fsp3) is 0.440. The van der Waals surface area contributed by atoms with Crippen molar-refractivity contribution in [2.24, 2.45) is 0 Å². The van der Waals surface area contributed by atoms with E-state index in [0.717, 1.165) is 24.2 Å². The van der Waals surface area contributed by atoms with Crippen LogP contribution in [0.15, 0.2) is 54.6 Å². The maximum Gasteiger partial charge on any atom is 0.242 e. The summed E-state index contributed by atoms with van der Waals surface area (Å²) < 4.78 is 5.70. The molecule has 0 aliphatic carbocycles. The summed E-state index contributed by atoms with van der Waals surface area (Å²) in [5, 5.41) is 3.56. The Bertz CT molecular complexity index is 813. The Balaban J connectivity index is 2.05. The van der Waals surface area contributed by atoms with Gasteiger partial charge < -0.3 is 15.0 Å². The minimum atomic E-state index is -0.532. The molecule has 2 amide bonds. The summed E-state index contributed by atoms with van der Waals surface area (Å²) in [6.07, 6.45) is 3.32. The van der Waals surface area contributed by atoms with Crippen molar-refractivity contribution in [3.8, 4) is 5.75 Å². The van der Waals surface area contributed by atoms with Crippen molar-refractivity contribution < 1.29 is 14.3 Å². The van der Waals surface area contributed by atoms with Gasteiger partial charge in [0.15, 0.2) is 0 Å². The van der Waals surface area contributed by atoms with Gasteiger partial charge in [0.2, 0.25) is 11.8 Å². The number of hydrogen-bond donors (Lipinski definition) is 1. The molecule has 5 nitrogen and oxygen atoms in total. The number of rotatable bonds is 13. The molecular formula is C25H33ClN2O3. The van der Waals surface area contributed by atoms with Crippen LogP contribution >= 0.6 is 11.6 Å². The van der Waals surface area contributed by atoms with Crippen molar-refractivity contribution in [1.82, 2.24) is 10.2 Å². The van der Waals surface area contributed by atoms with Crippen molar-refractivity contribution >= 4 is 23.4 Å². The third-order valence-electron chi connectivity index (χ3n) is 5.06. The highest BCUT2D eigenvalue weighted by Crippen LogP contribution is 2.20. The van der Waals surface area contributed by atoms with E-state index in [-0.39, 0.29) is 11.8 Å². The molecule has 1 unspecified atom stereocenters. The minimum absolute atomic E-state index is 0.0749. The van der Waals surface area contributed by atoms with E-state index in [1.807, 2.05) is 55.5 Å². The Hall–Kier alpha value is -2.53. The maximum absolute atomic E-state index is 13.2. The quantitative estimate of drug-likeness (QED) is 0.431. The fourth-order valence-electron chi connectivity index (χ4n) is 3.31. The van der Waals surface area contributed by atoms with Crippen LogP contribution in [0.3, 0.4) is 0 Å². The summed E-state index contributed by atoms with van der Waals surface area (Å²) in [5.41, 5.74) is 0.831. The molecule has 0 radical (unpaired) electrons. The molecule has 1 atom stereocenters. The van der Waals surface area contributed by atoms with Gasteiger partial charge in [0.25, 0.3) is 0 Å². The molecule has 1 N–H and O–H groups in total. The predicted octanol–water partition coefficient (Wildman–Crippen LogP) is 5.22. The molecule has 0 aliphatic heterocycles. The monoisotopic (exact) mass is 444 g/mol. The third kappa shape index (κ3) is 8.25. The summed E-state index contributed by atoms with van der Waals surface area (Å²) in [6, 6.07) is 16.4. The van der Waals surface area contributed by atoms with Crippen LogP contribution in [0, 0.1) is 0 Å². The predicted molar refractivity (Wildman–Crippen MR) is 125 cm³/mol. The van der Waals surface area contributed by atoms with Gasteiger partial charge in [-0.05, 0) is 43.0 Å². The number of nitrogens with zero attached hydrogens (tertiary/aromatic N) is 1. The first-order valence-electron chi connectivity index (χ1n) is 11.0. The molecule has 0 fully saturated rings. The summed E-state index contributed by atoms with van der Waals surface area (Å²) in [4.78, 5) is 27.6. The zero-order chi connectivity index (χ0) is 22.5. The molecule has 6 heteroatoms. The lowest BCUT2D eigenvalue weighted by Gasteiger charge is -2.31. The topological polar surface area (TPSA) is 58.6 Å². The molecule has 0 aliphatic rings. The molecule has 31 heavy (non-hydrogen) atoms. The standard InChI is InChI=1S/C25H33ClN2O3/c1-3-5-17-27-25(30)23(4-2)28(19-20-12-9-10-15-22(20)26)24(29)16-11-18-31-21-13-7-6-8-14-21/h6-10,12-15,23H,3-5,11,16-19H2,1-2H3,(H,27,30). The Morgan fingerprint density at radius 2 is 1.74 bits per heavy atom. The minimum Gasteiger partial charge on any atom is -0.494 e. The van der Waals surface area contributed by atoms with Crippen LogP contribution in [-0.2, 0) is 16.1 Å². The zero-order valence-corrected chi connectivity index (χ0v) is 19.2. The molecule has 0 spiro atoms. The van der Waals surface area contributed by atoms with Crippen LogP contribution in [0.25, 0.3) is 0 Å². The number of hydrogen-bond acceptors (Lipinski definition) is 3. The van der Waals surface area contributed by atoms with Gasteiger partial charge >= 0.3 is 0 Å². The average Bonchev–Trinajstić information content (AvgIpc) is 2.78. The van der Waals surface area contributed by atoms with E-state index in [2.05, 4.69) is 12.2 Å². The van der Waals surface area contributed by atoms with E-state index in [9.17, 15) is 9.59 Å².